The Morgan fingerprint density at radius 1 is 1.67 bits per heavy atom. The Morgan fingerprint density at radius 2 is 2.33 bits per heavy atom. The van der Waals surface area contributed by atoms with Crippen LogP contribution in [0.3, 0.4) is 0 Å². The van der Waals surface area contributed by atoms with Crippen LogP contribution in [0.15, 0.2) is 0 Å². The number of nitriles is 1. The molecule has 0 aromatic carbocycles. The van der Waals surface area contributed by atoms with E-state index in [9.17, 15) is 9.59 Å². The fourth-order valence-corrected chi connectivity index (χ4v) is 1.02. The highest BCUT2D eigenvalue weighted by Crippen LogP contribution is 2.15. The number of hydrogen-bond donors (Lipinski definition) is 0. The number of cyclic esters (lactones) is 2. The van der Waals surface area contributed by atoms with Crippen molar-refractivity contribution in [3.63, 3.8) is 0 Å². The highest BCUT2D eigenvalue weighted by Gasteiger charge is 2.37. The van der Waals surface area contributed by atoms with Crippen LogP contribution < -0.4 is 0 Å². The van der Waals surface area contributed by atoms with E-state index in [1.54, 1.807) is 0 Å². The number of rotatable bonds is 2. The molecule has 1 atom stereocenters. The molecule has 1 aliphatic heterocycles. The van der Waals surface area contributed by atoms with Gasteiger partial charge in [0, 0.05) is 13.5 Å². The molecule has 0 aliphatic carbocycles. The number of carbonyl (C=O) groups is 2. The molecule has 5 nitrogen and oxygen atoms in total. The molecular formula is C7H8N2O3. The minimum atomic E-state index is -0.636. The van der Waals surface area contributed by atoms with Crippen LogP contribution in [0.1, 0.15) is 12.8 Å². The maximum atomic E-state index is 10.9. The fourth-order valence-electron chi connectivity index (χ4n) is 1.02. The smallest absolute Gasteiger partial charge is 0.375 e. The molecule has 0 bridgehead atoms. The van der Waals surface area contributed by atoms with E-state index in [1.165, 1.54) is 11.9 Å². The van der Waals surface area contributed by atoms with E-state index in [2.05, 4.69) is 4.74 Å². The van der Waals surface area contributed by atoms with E-state index in [4.69, 9.17) is 5.26 Å². The van der Waals surface area contributed by atoms with Gasteiger partial charge >= 0.3 is 12.1 Å². The summed E-state index contributed by atoms with van der Waals surface area (Å²) in [6, 6.07) is 1.33. The van der Waals surface area contributed by atoms with Crippen LogP contribution in [0.25, 0.3) is 0 Å². The lowest BCUT2D eigenvalue weighted by molar-refractivity contribution is -0.135. The Morgan fingerprint density at radius 3 is 2.75 bits per heavy atom. The summed E-state index contributed by atoms with van der Waals surface area (Å²) in [7, 11) is 1.48. The first-order valence-electron chi connectivity index (χ1n) is 3.52. The summed E-state index contributed by atoms with van der Waals surface area (Å²) >= 11 is 0. The van der Waals surface area contributed by atoms with Gasteiger partial charge in [-0.15, -0.1) is 0 Å². The van der Waals surface area contributed by atoms with Gasteiger partial charge in [-0.1, -0.05) is 0 Å². The first kappa shape index (κ1) is 8.53. The molecule has 1 aliphatic rings. The van der Waals surface area contributed by atoms with Crippen molar-refractivity contribution < 1.29 is 14.3 Å². The molecule has 64 valence electrons. The summed E-state index contributed by atoms with van der Waals surface area (Å²) in [6.07, 6.45) is -0.0439. The van der Waals surface area contributed by atoms with Gasteiger partial charge in [0.05, 0.1) is 6.07 Å². The van der Waals surface area contributed by atoms with E-state index >= 15 is 0 Å². The average Bonchev–Trinajstić information content (AvgIpc) is 2.25. The number of likely N-dealkylation sites (N-methyl/N-ethyl adjacent to an activating group) is 1. The van der Waals surface area contributed by atoms with Crippen LogP contribution >= 0.6 is 0 Å². The van der Waals surface area contributed by atoms with E-state index in [-0.39, 0.29) is 6.42 Å². The van der Waals surface area contributed by atoms with Gasteiger partial charge in [0.1, 0.15) is 6.04 Å². The number of amides is 1. The number of carbonyl (C=O) groups excluding carboxylic acids is 2. The third kappa shape index (κ3) is 1.37. The molecule has 1 unspecified atom stereocenters. The zero-order valence-electron chi connectivity index (χ0n) is 6.61. The van der Waals surface area contributed by atoms with Crippen molar-refractivity contribution >= 4 is 12.1 Å². The zero-order chi connectivity index (χ0) is 9.14. The normalized spacial score (nSPS) is 22.3. The van der Waals surface area contributed by atoms with Crippen LogP contribution in [0.2, 0.25) is 0 Å². The minimum Gasteiger partial charge on any atom is -0.375 e. The van der Waals surface area contributed by atoms with Gasteiger partial charge in [0.15, 0.2) is 0 Å². The van der Waals surface area contributed by atoms with E-state index in [0.717, 1.165) is 0 Å². The first-order valence-corrected chi connectivity index (χ1v) is 3.52. The van der Waals surface area contributed by atoms with Crippen molar-refractivity contribution in [2.45, 2.75) is 18.9 Å². The molecule has 5 heteroatoms. The van der Waals surface area contributed by atoms with Crippen molar-refractivity contribution in [1.29, 1.82) is 5.26 Å². The van der Waals surface area contributed by atoms with E-state index < -0.39 is 18.1 Å². The van der Waals surface area contributed by atoms with E-state index in [1.807, 2.05) is 6.07 Å². The van der Waals surface area contributed by atoms with Gasteiger partial charge in [-0.05, 0) is 6.42 Å². The molecule has 1 heterocycles. The van der Waals surface area contributed by atoms with Crippen LogP contribution in [-0.2, 0) is 9.53 Å². The van der Waals surface area contributed by atoms with Gasteiger partial charge in [0.25, 0.3) is 0 Å². The van der Waals surface area contributed by atoms with Crippen molar-refractivity contribution in [3.05, 3.63) is 0 Å². The molecule has 1 amide bonds. The fraction of sp³-hybridized carbons (Fsp3) is 0.571. The predicted molar refractivity (Wildman–Crippen MR) is 37.9 cm³/mol. The maximum absolute atomic E-state index is 10.9. The summed E-state index contributed by atoms with van der Waals surface area (Å²) in [5.41, 5.74) is 0. The quantitative estimate of drug-likeness (QED) is 0.438. The molecule has 12 heavy (non-hydrogen) atoms. The van der Waals surface area contributed by atoms with Crippen LogP contribution in [0.5, 0.6) is 0 Å². The largest absolute Gasteiger partial charge is 0.418 e. The second-order valence-corrected chi connectivity index (χ2v) is 2.51. The molecule has 0 N–H and O–H groups in total. The average molecular weight is 168 g/mol. The highest BCUT2D eigenvalue weighted by atomic mass is 16.6. The highest BCUT2D eigenvalue weighted by molar-refractivity contribution is 5.95. The van der Waals surface area contributed by atoms with Crippen LogP contribution in [-0.4, -0.2) is 30.1 Å². The lowest BCUT2D eigenvalue weighted by Gasteiger charge is -2.11. The Bertz CT molecular complexity index is 256. The lowest BCUT2D eigenvalue weighted by atomic mass is 10.1. The standard InChI is InChI=1S/C7H8N2O3/c1-9-5(3-2-4-8)6(10)12-7(9)11/h5H,2-3H2,1H3. The topological polar surface area (TPSA) is 70.4 Å². The third-order valence-electron chi connectivity index (χ3n) is 1.75. The Hall–Kier alpha value is -1.57. The first-order chi connectivity index (χ1) is 5.66. The summed E-state index contributed by atoms with van der Waals surface area (Å²) in [6.45, 7) is 0. The van der Waals surface area contributed by atoms with Crippen molar-refractivity contribution in [2.75, 3.05) is 7.05 Å². The van der Waals surface area contributed by atoms with Crippen LogP contribution in [0.4, 0.5) is 4.79 Å². The molecule has 0 aromatic rings. The Balaban J connectivity index is 2.59. The van der Waals surface area contributed by atoms with Crippen molar-refractivity contribution in [3.8, 4) is 6.07 Å². The van der Waals surface area contributed by atoms with Gasteiger partial charge in [0.2, 0.25) is 0 Å². The zero-order valence-corrected chi connectivity index (χ0v) is 6.61. The molecule has 0 radical (unpaired) electrons. The minimum absolute atomic E-state index is 0.247. The molecule has 0 aromatic heterocycles. The number of esters is 1. The predicted octanol–water partition coefficient (Wildman–Crippen LogP) is 0.267. The molecule has 0 saturated carbocycles. The molecule has 1 fully saturated rings. The Kier molecular flexibility index (Phi) is 2.29. The molecule has 1 saturated heterocycles. The number of hydrogen-bond acceptors (Lipinski definition) is 4. The van der Waals surface area contributed by atoms with Crippen molar-refractivity contribution in [1.82, 2.24) is 4.90 Å². The summed E-state index contributed by atoms with van der Waals surface area (Å²) < 4.78 is 4.32. The van der Waals surface area contributed by atoms with Gasteiger partial charge in [-0.2, -0.15) is 5.26 Å². The summed E-state index contributed by atoms with van der Waals surface area (Å²) in [4.78, 5) is 22.9. The van der Waals surface area contributed by atoms with Gasteiger partial charge in [-0.25, -0.2) is 9.59 Å². The number of ether oxygens (including phenoxy) is 1. The number of nitrogens with zero attached hydrogens (tertiary/aromatic N) is 2. The summed E-state index contributed by atoms with van der Waals surface area (Å²) in [5.74, 6) is -0.558. The molecule has 0 spiro atoms. The van der Waals surface area contributed by atoms with Crippen LogP contribution in [0, 0.1) is 11.3 Å². The molecule has 1 rings (SSSR count). The van der Waals surface area contributed by atoms with Gasteiger partial charge < -0.3 is 4.74 Å². The van der Waals surface area contributed by atoms with E-state index in [0.29, 0.717) is 6.42 Å². The summed E-state index contributed by atoms with van der Waals surface area (Å²) in [5, 5.41) is 8.26. The van der Waals surface area contributed by atoms with Crippen molar-refractivity contribution in [2.24, 2.45) is 0 Å². The monoisotopic (exact) mass is 168 g/mol. The second kappa shape index (κ2) is 3.22. The lowest BCUT2D eigenvalue weighted by Crippen LogP contribution is -2.30. The molecular weight excluding hydrogens is 160 g/mol. The Labute approximate surface area is 69.5 Å². The SMILES string of the molecule is CN1C(=O)OC(=O)C1CCC#N. The second-order valence-electron chi connectivity index (χ2n) is 2.51. The maximum Gasteiger partial charge on any atom is 0.418 e. The third-order valence-corrected chi connectivity index (χ3v) is 1.75. The van der Waals surface area contributed by atoms with Gasteiger partial charge in [-0.3, -0.25) is 4.90 Å².